The molecule has 2 atom stereocenters. The van der Waals surface area contributed by atoms with Gasteiger partial charge in [-0.05, 0) is 12.1 Å². The van der Waals surface area contributed by atoms with Crippen LogP contribution in [0, 0.1) is 0 Å². The van der Waals surface area contributed by atoms with Crippen molar-refractivity contribution in [2.75, 3.05) is 26.9 Å². The number of alkyl halides is 3. The van der Waals surface area contributed by atoms with Gasteiger partial charge in [-0.3, -0.25) is 4.79 Å². The van der Waals surface area contributed by atoms with Crippen molar-refractivity contribution in [2.45, 2.75) is 24.7 Å². The van der Waals surface area contributed by atoms with E-state index in [2.05, 4.69) is 4.74 Å². The van der Waals surface area contributed by atoms with Crippen LogP contribution in [-0.4, -0.2) is 67.1 Å². The molecule has 144 valence electrons. The Morgan fingerprint density at radius 2 is 1.85 bits per heavy atom. The SMILES string of the molecule is COC1CC(C(=O)O)N(C(=O)COc2ccccc2OCC(F)(F)F)C1. The van der Waals surface area contributed by atoms with E-state index in [4.69, 9.17) is 9.47 Å². The quantitative estimate of drug-likeness (QED) is 0.779. The number of benzene rings is 1. The molecule has 0 radical (unpaired) electrons. The number of halogens is 3. The van der Waals surface area contributed by atoms with E-state index in [1.807, 2.05) is 0 Å². The Morgan fingerprint density at radius 1 is 1.23 bits per heavy atom. The number of carboxylic acids is 1. The second-order valence-electron chi connectivity index (χ2n) is 5.63. The highest BCUT2D eigenvalue weighted by atomic mass is 19.4. The number of carboxylic acid groups (broad SMARTS) is 1. The average molecular weight is 377 g/mol. The van der Waals surface area contributed by atoms with Crippen molar-refractivity contribution in [1.29, 1.82) is 0 Å². The van der Waals surface area contributed by atoms with Crippen LogP contribution in [0.25, 0.3) is 0 Å². The molecule has 2 rings (SSSR count). The highest BCUT2D eigenvalue weighted by Gasteiger charge is 2.40. The molecule has 1 aromatic rings. The molecule has 1 fully saturated rings. The number of ether oxygens (including phenoxy) is 3. The van der Waals surface area contributed by atoms with E-state index < -0.39 is 43.4 Å². The number of methoxy groups -OCH3 is 1. The molecule has 1 heterocycles. The number of para-hydroxylation sites is 2. The van der Waals surface area contributed by atoms with Crippen molar-refractivity contribution in [1.82, 2.24) is 4.90 Å². The van der Waals surface area contributed by atoms with Crippen molar-refractivity contribution >= 4 is 11.9 Å². The summed E-state index contributed by atoms with van der Waals surface area (Å²) >= 11 is 0. The first-order valence-electron chi connectivity index (χ1n) is 7.67. The summed E-state index contributed by atoms with van der Waals surface area (Å²) in [5.74, 6) is -1.97. The molecular weight excluding hydrogens is 359 g/mol. The Morgan fingerprint density at radius 3 is 2.38 bits per heavy atom. The third-order valence-electron chi connectivity index (χ3n) is 3.79. The number of aliphatic carboxylic acids is 1. The predicted octanol–water partition coefficient (Wildman–Crippen LogP) is 1.71. The van der Waals surface area contributed by atoms with Gasteiger partial charge in [0.15, 0.2) is 24.7 Å². The predicted molar refractivity (Wildman–Crippen MR) is 82.0 cm³/mol. The summed E-state index contributed by atoms with van der Waals surface area (Å²) in [7, 11) is 1.42. The summed E-state index contributed by atoms with van der Waals surface area (Å²) in [5.41, 5.74) is 0. The van der Waals surface area contributed by atoms with E-state index in [9.17, 15) is 27.9 Å². The third kappa shape index (κ3) is 5.25. The third-order valence-corrected chi connectivity index (χ3v) is 3.79. The maximum atomic E-state index is 12.3. The number of carbonyl (C=O) groups is 2. The van der Waals surface area contributed by atoms with E-state index in [0.29, 0.717) is 0 Å². The van der Waals surface area contributed by atoms with Crippen LogP contribution in [0.15, 0.2) is 24.3 Å². The number of carbonyl (C=O) groups excluding carboxylic acids is 1. The molecule has 1 N–H and O–H groups in total. The van der Waals surface area contributed by atoms with Gasteiger partial charge in [-0.15, -0.1) is 0 Å². The lowest BCUT2D eigenvalue weighted by molar-refractivity contribution is -0.153. The molecule has 1 amide bonds. The van der Waals surface area contributed by atoms with E-state index in [0.717, 1.165) is 4.90 Å². The van der Waals surface area contributed by atoms with Gasteiger partial charge in [0.05, 0.1) is 6.10 Å². The van der Waals surface area contributed by atoms with Crippen molar-refractivity contribution in [3.63, 3.8) is 0 Å². The molecular formula is C16H18F3NO6. The van der Waals surface area contributed by atoms with E-state index in [-0.39, 0.29) is 24.5 Å². The molecule has 1 saturated heterocycles. The van der Waals surface area contributed by atoms with Crippen molar-refractivity contribution in [3.8, 4) is 11.5 Å². The first-order chi connectivity index (χ1) is 12.2. The lowest BCUT2D eigenvalue weighted by atomic mass is 10.2. The molecule has 1 aliphatic heterocycles. The minimum atomic E-state index is -4.51. The average Bonchev–Trinajstić information content (AvgIpc) is 3.02. The second kappa shape index (κ2) is 8.26. The van der Waals surface area contributed by atoms with Crippen molar-refractivity contribution < 1.29 is 42.1 Å². The van der Waals surface area contributed by atoms with Gasteiger partial charge < -0.3 is 24.2 Å². The summed E-state index contributed by atoms with van der Waals surface area (Å²) in [5, 5.41) is 9.20. The van der Waals surface area contributed by atoms with Gasteiger partial charge >= 0.3 is 12.1 Å². The first-order valence-corrected chi connectivity index (χ1v) is 7.67. The molecule has 2 unspecified atom stereocenters. The fourth-order valence-corrected chi connectivity index (χ4v) is 2.55. The van der Waals surface area contributed by atoms with Crippen LogP contribution in [-0.2, 0) is 14.3 Å². The van der Waals surface area contributed by atoms with Gasteiger partial charge in [0.25, 0.3) is 5.91 Å². The van der Waals surface area contributed by atoms with Crippen LogP contribution < -0.4 is 9.47 Å². The first kappa shape index (κ1) is 19.8. The van der Waals surface area contributed by atoms with E-state index in [1.165, 1.54) is 31.4 Å². The fourth-order valence-electron chi connectivity index (χ4n) is 2.55. The standard InChI is InChI=1S/C16H18F3NO6/c1-24-10-6-11(15(22)23)20(7-10)14(21)8-25-12-4-2-3-5-13(12)26-9-16(17,18)19/h2-5,10-11H,6-9H2,1H3,(H,22,23). The number of hydrogen-bond donors (Lipinski definition) is 1. The topological polar surface area (TPSA) is 85.3 Å². The largest absolute Gasteiger partial charge is 0.480 e. The van der Waals surface area contributed by atoms with Gasteiger partial charge in [-0.1, -0.05) is 12.1 Å². The Labute approximate surface area is 147 Å². The van der Waals surface area contributed by atoms with Crippen LogP contribution in [0.4, 0.5) is 13.2 Å². The molecule has 0 bridgehead atoms. The van der Waals surface area contributed by atoms with Crippen LogP contribution in [0.3, 0.4) is 0 Å². The van der Waals surface area contributed by atoms with Gasteiger partial charge in [-0.25, -0.2) is 4.79 Å². The molecule has 26 heavy (non-hydrogen) atoms. The smallest absolute Gasteiger partial charge is 0.422 e. The molecule has 1 aliphatic rings. The zero-order valence-corrected chi connectivity index (χ0v) is 13.9. The summed E-state index contributed by atoms with van der Waals surface area (Å²) in [6.45, 7) is -1.93. The van der Waals surface area contributed by atoms with Gasteiger partial charge in [0.2, 0.25) is 0 Å². The highest BCUT2D eigenvalue weighted by molar-refractivity contribution is 5.85. The van der Waals surface area contributed by atoms with Crippen molar-refractivity contribution in [2.24, 2.45) is 0 Å². The van der Waals surface area contributed by atoms with E-state index >= 15 is 0 Å². The number of likely N-dealkylation sites (tertiary alicyclic amines) is 1. The summed E-state index contributed by atoms with van der Waals surface area (Å²) in [6, 6.07) is 4.58. The summed E-state index contributed by atoms with van der Waals surface area (Å²) < 4.78 is 51.9. The molecule has 7 nitrogen and oxygen atoms in total. The molecule has 0 aliphatic carbocycles. The van der Waals surface area contributed by atoms with E-state index in [1.54, 1.807) is 0 Å². The maximum Gasteiger partial charge on any atom is 0.422 e. The summed E-state index contributed by atoms with van der Waals surface area (Å²) in [4.78, 5) is 24.7. The maximum absolute atomic E-state index is 12.3. The molecule has 1 aromatic carbocycles. The number of nitrogens with zero attached hydrogens (tertiary/aromatic N) is 1. The number of amides is 1. The van der Waals surface area contributed by atoms with Crippen molar-refractivity contribution in [3.05, 3.63) is 24.3 Å². The fraction of sp³-hybridized carbons (Fsp3) is 0.500. The lowest BCUT2D eigenvalue weighted by Crippen LogP contribution is -2.43. The Balaban J connectivity index is 2.00. The molecule has 0 aromatic heterocycles. The zero-order chi connectivity index (χ0) is 19.3. The van der Waals surface area contributed by atoms with Crippen LogP contribution in [0.5, 0.6) is 11.5 Å². The molecule has 0 saturated carbocycles. The normalized spacial score (nSPS) is 20.1. The minimum Gasteiger partial charge on any atom is -0.480 e. The Bertz CT molecular complexity index is 651. The monoisotopic (exact) mass is 377 g/mol. The van der Waals surface area contributed by atoms with Gasteiger partial charge in [0, 0.05) is 20.1 Å². The van der Waals surface area contributed by atoms with Gasteiger partial charge in [0.1, 0.15) is 6.04 Å². The lowest BCUT2D eigenvalue weighted by Gasteiger charge is -2.21. The molecule has 10 heteroatoms. The van der Waals surface area contributed by atoms with Crippen LogP contribution >= 0.6 is 0 Å². The minimum absolute atomic E-state index is 0.0422. The zero-order valence-electron chi connectivity index (χ0n) is 13.9. The number of hydrogen-bond acceptors (Lipinski definition) is 5. The Hall–Kier alpha value is -2.49. The van der Waals surface area contributed by atoms with Gasteiger partial charge in [-0.2, -0.15) is 13.2 Å². The number of rotatable bonds is 7. The van der Waals surface area contributed by atoms with Crippen LogP contribution in [0.1, 0.15) is 6.42 Å². The summed E-state index contributed by atoms with van der Waals surface area (Å²) in [6.07, 6.45) is -4.76. The molecule has 0 spiro atoms. The highest BCUT2D eigenvalue weighted by Crippen LogP contribution is 2.29. The van der Waals surface area contributed by atoms with Crippen LogP contribution in [0.2, 0.25) is 0 Å². The second-order valence-corrected chi connectivity index (χ2v) is 5.63. The Kier molecular flexibility index (Phi) is 6.30.